The number of halogens is 2. The first-order chi connectivity index (χ1) is 12.4. The summed E-state index contributed by atoms with van der Waals surface area (Å²) in [5.74, 6) is -0.545. The molecule has 26 heavy (non-hydrogen) atoms. The van der Waals surface area contributed by atoms with Gasteiger partial charge in [0.1, 0.15) is 12.4 Å². The van der Waals surface area contributed by atoms with Crippen molar-refractivity contribution >= 4 is 40.8 Å². The number of esters is 1. The third-order valence-corrected chi connectivity index (χ3v) is 3.86. The molecule has 1 atom stereocenters. The quantitative estimate of drug-likeness (QED) is 0.544. The zero-order chi connectivity index (χ0) is 19.1. The topological polar surface area (TPSA) is 64.6 Å². The summed E-state index contributed by atoms with van der Waals surface area (Å²) in [7, 11) is 0. The van der Waals surface area contributed by atoms with E-state index < -0.39 is 18.0 Å². The lowest BCUT2D eigenvalue weighted by Gasteiger charge is -2.14. The van der Waals surface area contributed by atoms with Gasteiger partial charge in [-0.2, -0.15) is 0 Å². The lowest BCUT2D eigenvalue weighted by atomic mass is 10.2. The highest BCUT2D eigenvalue weighted by molar-refractivity contribution is 6.35. The number of hydrogen-bond donors (Lipinski definition) is 1. The van der Waals surface area contributed by atoms with E-state index in [1.165, 1.54) is 13.0 Å². The van der Waals surface area contributed by atoms with Gasteiger partial charge in [0.2, 0.25) is 0 Å². The number of carbonyl (C=O) groups is 2. The number of ether oxygens (including phenoxy) is 2. The van der Waals surface area contributed by atoms with Gasteiger partial charge in [-0.15, -0.1) is 0 Å². The fourth-order valence-corrected chi connectivity index (χ4v) is 2.29. The van der Waals surface area contributed by atoms with Crippen LogP contribution in [0.25, 0.3) is 0 Å². The Labute approximate surface area is 161 Å². The van der Waals surface area contributed by atoms with Gasteiger partial charge in [0.05, 0.1) is 16.3 Å². The molecular formula is C19H17Cl2NO4. The Bertz CT molecular complexity index is 806. The Morgan fingerprint density at radius 2 is 1.88 bits per heavy atom. The van der Waals surface area contributed by atoms with Crippen molar-refractivity contribution in [2.45, 2.75) is 13.0 Å². The maximum atomic E-state index is 12.2. The molecule has 0 heterocycles. The second-order valence-electron chi connectivity index (χ2n) is 5.29. The van der Waals surface area contributed by atoms with Crippen LogP contribution < -0.4 is 10.1 Å². The smallest absolute Gasteiger partial charge is 0.338 e. The van der Waals surface area contributed by atoms with Crippen LogP contribution in [0.15, 0.2) is 55.1 Å². The molecule has 7 heteroatoms. The molecule has 0 fully saturated rings. The SMILES string of the molecule is C=CCOc1ccc(C(=O)O[C@H](C)C(=O)Nc2cc(Cl)ccc2Cl)cc1. The fraction of sp³-hybridized carbons (Fsp3) is 0.158. The molecule has 0 bridgehead atoms. The van der Waals surface area contributed by atoms with E-state index in [4.69, 9.17) is 32.7 Å². The van der Waals surface area contributed by atoms with E-state index in [0.29, 0.717) is 33.7 Å². The molecule has 0 radical (unpaired) electrons. The fourth-order valence-electron chi connectivity index (χ4n) is 1.95. The van der Waals surface area contributed by atoms with Crippen molar-refractivity contribution in [2.75, 3.05) is 11.9 Å². The molecule has 0 aliphatic rings. The summed E-state index contributed by atoms with van der Waals surface area (Å²) in [6, 6.07) is 11.1. The lowest BCUT2D eigenvalue weighted by molar-refractivity contribution is -0.123. The van der Waals surface area contributed by atoms with Crippen molar-refractivity contribution < 1.29 is 19.1 Å². The van der Waals surface area contributed by atoms with Crippen LogP contribution in [0.5, 0.6) is 5.75 Å². The Morgan fingerprint density at radius 1 is 1.19 bits per heavy atom. The van der Waals surface area contributed by atoms with Crippen LogP contribution in [0, 0.1) is 0 Å². The number of benzene rings is 2. The number of carbonyl (C=O) groups excluding carboxylic acids is 2. The predicted molar refractivity (Wildman–Crippen MR) is 102 cm³/mol. The van der Waals surface area contributed by atoms with Crippen LogP contribution in [-0.2, 0) is 9.53 Å². The molecule has 0 aliphatic heterocycles. The van der Waals surface area contributed by atoms with Crippen LogP contribution in [0.2, 0.25) is 10.0 Å². The van der Waals surface area contributed by atoms with Gasteiger partial charge in [-0.25, -0.2) is 4.79 Å². The minimum Gasteiger partial charge on any atom is -0.490 e. The monoisotopic (exact) mass is 393 g/mol. The van der Waals surface area contributed by atoms with E-state index in [1.54, 1.807) is 42.5 Å². The molecule has 1 N–H and O–H groups in total. The Balaban J connectivity index is 1.96. The Hall–Kier alpha value is -2.50. The van der Waals surface area contributed by atoms with E-state index in [2.05, 4.69) is 11.9 Å². The highest BCUT2D eigenvalue weighted by Gasteiger charge is 2.20. The molecule has 5 nitrogen and oxygen atoms in total. The summed E-state index contributed by atoms with van der Waals surface area (Å²) < 4.78 is 10.5. The number of hydrogen-bond acceptors (Lipinski definition) is 4. The van der Waals surface area contributed by atoms with Gasteiger partial charge < -0.3 is 14.8 Å². The lowest BCUT2D eigenvalue weighted by Crippen LogP contribution is -2.30. The summed E-state index contributed by atoms with van der Waals surface area (Å²) in [6.45, 7) is 5.39. The summed E-state index contributed by atoms with van der Waals surface area (Å²) in [4.78, 5) is 24.3. The first-order valence-electron chi connectivity index (χ1n) is 7.71. The van der Waals surface area contributed by atoms with E-state index in [0.717, 1.165) is 0 Å². The molecule has 136 valence electrons. The Morgan fingerprint density at radius 3 is 2.54 bits per heavy atom. The molecule has 2 aromatic carbocycles. The van der Waals surface area contributed by atoms with Crippen molar-refractivity contribution in [1.29, 1.82) is 0 Å². The molecule has 0 spiro atoms. The molecule has 0 unspecified atom stereocenters. The van der Waals surface area contributed by atoms with E-state index in [1.807, 2.05) is 0 Å². The first-order valence-corrected chi connectivity index (χ1v) is 8.47. The second-order valence-corrected chi connectivity index (χ2v) is 6.13. The van der Waals surface area contributed by atoms with E-state index >= 15 is 0 Å². The van der Waals surface area contributed by atoms with Crippen LogP contribution in [0.1, 0.15) is 17.3 Å². The summed E-state index contributed by atoms with van der Waals surface area (Å²) in [5, 5.41) is 3.33. The predicted octanol–water partition coefficient (Wildman–Crippen LogP) is 4.74. The molecule has 0 saturated carbocycles. The van der Waals surface area contributed by atoms with Gasteiger partial charge in [-0.1, -0.05) is 35.9 Å². The van der Waals surface area contributed by atoms with E-state index in [9.17, 15) is 9.59 Å². The highest BCUT2D eigenvalue weighted by atomic mass is 35.5. The maximum absolute atomic E-state index is 12.2. The molecule has 0 saturated heterocycles. The maximum Gasteiger partial charge on any atom is 0.338 e. The normalized spacial score (nSPS) is 11.3. The number of nitrogens with one attached hydrogen (secondary N) is 1. The van der Waals surface area contributed by atoms with Crippen molar-refractivity contribution in [1.82, 2.24) is 0 Å². The average Bonchev–Trinajstić information content (AvgIpc) is 2.63. The third kappa shape index (κ3) is 5.51. The largest absolute Gasteiger partial charge is 0.490 e. The minimum atomic E-state index is -1.02. The van der Waals surface area contributed by atoms with Crippen LogP contribution in [0.4, 0.5) is 5.69 Å². The van der Waals surface area contributed by atoms with Crippen molar-refractivity contribution in [3.8, 4) is 5.75 Å². The van der Waals surface area contributed by atoms with Crippen LogP contribution in [0.3, 0.4) is 0 Å². The molecule has 0 aromatic heterocycles. The van der Waals surface area contributed by atoms with Crippen LogP contribution >= 0.6 is 23.2 Å². The third-order valence-electron chi connectivity index (χ3n) is 3.30. The zero-order valence-electron chi connectivity index (χ0n) is 14.0. The number of rotatable bonds is 7. The van der Waals surface area contributed by atoms with Gasteiger partial charge in [0.25, 0.3) is 5.91 Å². The molecule has 0 aliphatic carbocycles. The van der Waals surface area contributed by atoms with Crippen molar-refractivity contribution in [3.05, 3.63) is 70.7 Å². The molecule has 2 aromatic rings. The molecule has 2 rings (SSSR count). The summed E-state index contributed by atoms with van der Waals surface area (Å²) in [6.07, 6.45) is 0.600. The van der Waals surface area contributed by atoms with Gasteiger partial charge in [-0.05, 0) is 49.4 Å². The standard InChI is InChI=1S/C19H17Cl2NO4/c1-3-10-25-15-7-4-13(5-8-15)19(24)26-12(2)18(23)22-17-11-14(20)6-9-16(17)21/h3-9,11-12H,1,10H2,2H3,(H,22,23)/t12-/m1/s1. The number of anilines is 1. The summed E-state index contributed by atoms with van der Waals surface area (Å²) >= 11 is 11.9. The summed E-state index contributed by atoms with van der Waals surface area (Å²) in [5.41, 5.74) is 0.646. The average molecular weight is 394 g/mol. The first kappa shape index (κ1) is 19.8. The number of amides is 1. The van der Waals surface area contributed by atoms with E-state index in [-0.39, 0.29) is 0 Å². The molecule has 1 amide bonds. The van der Waals surface area contributed by atoms with Crippen LogP contribution in [-0.4, -0.2) is 24.6 Å². The zero-order valence-corrected chi connectivity index (χ0v) is 15.5. The highest BCUT2D eigenvalue weighted by Crippen LogP contribution is 2.25. The minimum absolute atomic E-state index is 0.302. The van der Waals surface area contributed by atoms with Gasteiger partial charge in [0, 0.05) is 5.02 Å². The Kier molecular flexibility index (Phi) is 7.06. The van der Waals surface area contributed by atoms with Crippen molar-refractivity contribution in [2.24, 2.45) is 0 Å². The van der Waals surface area contributed by atoms with Crippen molar-refractivity contribution in [3.63, 3.8) is 0 Å². The second kappa shape index (κ2) is 9.27. The van der Waals surface area contributed by atoms with Gasteiger partial charge in [0.15, 0.2) is 6.10 Å². The molecular weight excluding hydrogens is 377 g/mol. The van der Waals surface area contributed by atoms with Gasteiger partial charge in [-0.3, -0.25) is 4.79 Å². The van der Waals surface area contributed by atoms with Gasteiger partial charge >= 0.3 is 5.97 Å².